The lowest BCUT2D eigenvalue weighted by Gasteiger charge is -2.16. The zero-order valence-electron chi connectivity index (χ0n) is 9.27. The summed E-state index contributed by atoms with van der Waals surface area (Å²) in [6, 6.07) is 4.84. The Morgan fingerprint density at radius 1 is 1.56 bits per heavy atom. The second-order valence-electron chi connectivity index (χ2n) is 3.80. The highest BCUT2D eigenvalue weighted by molar-refractivity contribution is 6.31. The maximum atomic E-state index is 10.5. The first kappa shape index (κ1) is 12.8. The van der Waals surface area contributed by atoms with Crippen molar-refractivity contribution >= 4 is 23.3 Å². The van der Waals surface area contributed by atoms with E-state index >= 15 is 0 Å². The van der Waals surface area contributed by atoms with Crippen LogP contribution < -0.4 is 10.6 Å². The van der Waals surface area contributed by atoms with E-state index in [0.29, 0.717) is 10.6 Å². The van der Waals surface area contributed by atoms with Gasteiger partial charge in [-0.2, -0.15) is 0 Å². The molecule has 1 aromatic carbocycles. The van der Waals surface area contributed by atoms with Crippen LogP contribution in [0.15, 0.2) is 18.2 Å². The van der Waals surface area contributed by atoms with Crippen LogP contribution in [0.3, 0.4) is 0 Å². The van der Waals surface area contributed by atoms with Gasteiger partial charge in [-0.25, -0.2) is 0 Å². The lowest BCUT2D eigenvalue weighted by atomic mass is 10.0. The first-order valence-corrected chi connectivity index (χ1v) is 5.23. The number of nitrogens with zero attached hydrogens (tertiary/aromatic N) is 1. The summed E-state index contributed by atoms with van der Waals surface area (Å²) in [7, 11) is 3.81. The van der Waals surface area contributed by atoms with Gasteiger partial charge in [-0.1, -0.05) is 17.7 Å². The maximum Gasteiger partial charge on any atom is 0.305 e. The quantitative estimate of drug-likeness (QED) is 0.846. The third kappa shape index (κ3) is 3.12. The van der Waals surface area contributed by atoms with Gasteiger partial charge in [0.25, 0.3) is 0 Å². The topological polar surface area (TPSA) is 66.6 Å². The fourth-order valence-corrected chi connectivity index (χ4v) is 1.71. The molecule has 0 saturated carbocycles. The molecule has 4 nitrogen and oxygen atoms in total. The average Bonchev–Trinajstić information content (AvgIpc) is 2.15. The molecule has 0 fully saturated rings. The van der Waals surface area contributed by atoms with E-state index in [-0.39, 0.29) is 6.42 Å². The Morgan fingerprint density at radius 3 is 2.62 bits per heavy atom. The van der Waals surface area contributed by atoms with E-state index in [9.17, 15) is 4.79 Å². The molecule has 0 saturated heterocycles. The molecule has 1 aromatic rings. The van der Waals surface area contributed by atoms with Gasteiger partial charge in [0, 0.05) is 30.8 Å². The highest BCUT2D eigenvalue weighted by Gasteiger charge is 2.14. The summed E-state index contributed by atoms with van der Waals surface area (Å²) in [5, 5.41) is 9.15. The highest BCUT2D eigenvalue weighted by atomic mass is 35.5. The van der Waals surface area contributed by atoms with Crippen molar-refractivity contribution in [1.29, 1.82) is 0 Å². The molecule has 0 aliphatic carbocycles. The monoisotopic (exact) mass is 242 g/mol. The second kappa shape index (κ2) is 5.18. The van der Waals surface area contributed by atoms with Crippen molar-refractivity contribution in [2.45, 2.75) is 12.5 Å². The van der Waals surface area contributed by atoms with Gasteiger partial charge in [0.15, 0.2) is 0 Å². The number of carbonyl (C=O) groups is 1. The van der Waals surface area contributed by atoms with Crippen LogP contribution in [-0.4, -0.2) is 25.2 Å². The number of hydrogen-bond donors (Lipinski definition) is 2. The molecule has 1 atom stereocenters. The molecule has 0 spiro atoms. The van der Waals surface area contributed by atoms with E-state index in [4.69, 9.17) is 22.4 Å². The third-order valence-corrected chi connectivity index (χ3v) is 2.62. The Bertz CT molecular complexity index is 394. The summed E-state index contributed by atoms with van der Waals surface area (Å²) in [5.74, 6) is -0.930. The molecule has 5 heteroatoms. The molecule has 88 valence electrons. The predicted octanol–water partition coefficient (Wildman–Crippen LogP) is 1.88. The Kier molecular flexibility index (Phi) is 4.15. The van der Waals surface area contributed by atoms with Crippen LogP contribution in [0.4, 0.5) is 5.69 Å². The lowest BCUT2D eigenvalue weighted by molar-refractivity contribution is -0.137. The van der Waals surface area contributed by atoms with Gasteiger partial charge in [-0.05, 0) is 17.7 Å². The summed E-state index contributed by atoms with van der Waals surface area (Å²) < 4.78 is 0. The van der Waals surface area contributed by atoms with Crippen molar-refractivity contribution in [1.82, 2.24) is 0 Å². The Labute approximate surface area is 99.6 Å². The number of benzene rings is 1. The fourth-order valence-electron chi connectivity index (χ4n) is 1.39. The molecular weight excluding hydrogens is 228 g/mol. The van der Waals surface area contributed by atoms with E-state index in [1.54, 1.807) is 12.1 Å². The summed E-state index contributed by atoms with van der Waals surface area (Å²) in [6.45, 7) is 0. The molecule has 0 aliphatic rings. The minimum absolute atomic E-state index is 0.124. The van der Waals surface area contributed by atoms with Crippen molar-refractivity contribution < 1.29 is 9.90 Å². The zero-order valence-corrected chi connectivity index (χ0v) is 10.0. The van der Waals surface area contributed by atoms with Crippen LogP contribution >= 0.6 is 11.6 Å². The first-order valence-electron chi connectivity index (χ1n) is 4.86. The molecule has 0 aromatic heterocycles. The molecule has 0 amide bonds. The molecule has 1 unspecified atom stereocenters. The van der Waals surface area contributed by atoms with E-state index in [1.807, 2.05) is 25.1 Å². The standard InChI is InChI=1S/C11H15ClN2O2/c1-14(2)7-3-4-8(9(12)5-7)10(13)6-11(15)16/h3-5,10H,6,13H2,1-2H3,(H,15,16). The average molecular weight is 243 g/mol. The number of carboxylic acids is 1. The number of rotatable bonds is 4. The molecule has 16 heavy (non-hydrogen) atoms. The van der Waals surface area contributed by atoms with E-state index in [0.717, 1.165) is 5.69 Å². The Balaban J connectivity index is 2.94. The number of hydrogen-bond acceptors (Lipinski definition) is 3. The lowest BCUT2D eigenvalue weighted by Crippen LogP contribution is -2.16. The van der Waals surface area contributed by atoms with Gasteiger partial charge < -0.3 is 15.7 Å². The highest BCUT2D eigenvalue weighted by Crippen LogP contribution is 2.27. The molecule has 0 bridgehead atoms. The molecular formula is C11H15ClN2O2. The first-order chi connectivity index (χ1) is 7.41. The largest absolute Gasteiger partial charge is 0.481 e. The van der Waals surface area contributed by atoms with Crippen LogP contribution in [-0.2, 0) is 4.79 Å². The van der Waals surface area contributed by atoms with Gasteiger partial charge in [-0.15, -0.1) is 0 Å². The predicted molar refractivity (Wildman–Crippen MR) is 65.0 cm³/mol. The molecule has 1 rings (SSSR count). The molecule has 3 N–H and O–H groups in total. The number of halogens is 1. The van der Waals surface area contributed by atoms with Crippen LogP contribution in [0.1, 0.15) is 18.0 Å². The summed E-state index contributed by atoms with van der Waals surface area (Å²) in [6.07, 6.45) is -0.124. The number of carboxylic acid groups (broad SMARTS) is 1. The third-order valence-electron chi connectivity index (χ3n) is 2.29. The van der Waals surface area contributed by atoms with Gasteiger partial charge in [0.2, 0.25) is 0 Å². The minimum atomic E-state index is -0.930. The van der Waals surface area contributed by atoms with Gasteiger partial charge in [0.1, 0.15) is 0 Å². The van der Waals surface area contributed by atoms with Crippen molar-refractivity contribution in [2.24, 2.45) is 5.73 Å². The van der Waals surface area contributed by atoms with Crippen LogP contribution in [0, 0.1) is 0 Å². The Hall–Kier alpha value is -1.26. The van der Waals surface area contributed by atoms with Crippen LogP contribution in [0.2, 0.25) is 5.02 Å². The van der Waals surface area contributed by atoms with Gasteiger partial charge >= 0.3 is 5.97 Å². The second-order valence-corrected chi connectivity index (χ2v) is 4.21. The summed E-state index contributed by atoms with van der Waals surface area (Å²) in [4.78, 5) is 12.5. The summed E-state index contributed by atoms with van der Waals surface area (Å²) >= 11 is 6.05. The van der Waals surface area contributed by atoms with Crippen molar-refractivity contribution in [2.75, 3.05) is 19.0 Å². The van der Waals surface area contributed by atoms with Crippen molar-refractivity contribution in [3.63, 3.8) is 0 Å². The van der Waals surface area contributed by atoms with Gasteiger partial charge in [-0.3, -0.25) is 4.79 Å². The van der Waals surface area contributed by atoms with Crippen molar-refractivity contribution in [3.05, 3.63) is 28.8 Å². The van der Waals surface area contributed by atoms with E-state index in [1.165, 1.54) is 0 Å². The minimum Gasteiger partial charge on any atom is -0.481 e. The smallest absolute Gasteiger partial charge is 0.305 e. The molecule has 0 radical (unpaired) electrons. The molecule has 0 aliphatic heterocycles. The fraction of sp³-hybridized carbons (Fsp3) is 0.364. The summed E-state index contributed by atoms with van der Waals surface area (Å²) in [5.41, 5.74) is 7.36. The van der Waals surface area contributed by atoms with E-state index in [2.05, 4.69) is 0 Å². The molecule has 0 heterocycles. The zero-order chi connectivity index (χ0) is 12.3. The van der Waals surface area contributed by atoms with Crippen molar-refractivity contribution in [3.8, 4) is 0 Å². The van der Waals surface area contributed by atoms with Crippen LogP contribution in [0.5, 0.6) is 0 Å². The van der Waals surface area contributed by atoms with E-state index < -0.39 is 12.0 Å². The number of aliphatic carboxylic acids is 1. The Morgan fingerprint density at radius 2 is 2.19 bits per heavy atom. The number of nitrogens with two attached hydrogens (primary N) is 1. The normalized spacial score (nSPS) is 12.2. The van der Waals surface area contributed by atoms with Crippen LogP contribution in [0.25, 0.3) is 0 Å². The maximum absolute atomic E-state index is 10.5. The number of anilines is 1. The SMILES string of the molecule is CN(C)c1ccc(C(N)CC(=O)O)c(Cl)c1. The van der Waals surface area contributed by atoms with Gasteiger partial charge in [0.05, 0.1) is 6.42 Å².